The van der Waals surface area contributed by atoms with Crippen LogP contribution < -0.4 is 4.74 Å². The number of carbonyl (C=O) groups excluding carboxylic acids is 1. The van der Waals surface area contributed by atoms with Gasteiger partial charge in [-0.05, 0) is 62.5 Å². The fourth-order valence-electron chi connectivity index (χ4n) is 3.11. The lowest BCUT2D eigenvalue weighted by molar-refractivity contribution is -0.116. The molecule has 0 saturated heterocycles. The van der Waals surface area contributed by atoms with E-state index in [4.69, 9.17) is 16.3 Å². The van der Waals surface area contributed by atoms with E-state index < -0.39 is 0 Å². The fraction of sp³-hybridized carbons (Fsp3) is 0.350. The van der Waals surface area contributed by atoms with E-state index in [9.17, 15) is 4.79 Å². The summed E-state index contributed by atoms with van der Waals surface area (Å²) in [6.07, 6.45) is 8.08. The first kappa shape index (κ1) is 16.1. The molecule has 1 aliphatic heterocycles. The number of fused-ring (bicyclic) bond motifs is 1. The topological polar surface area (TPSA) is 26.3 Å². The summed E-state index contributed by atoms with van der Waals surface area (Å²) >= 11 is 6.41. The van der Waals surface area contributed by atoms with Crippen LogP contribution in [0, 0.1) is 6.92 Å². The van der Waals surface area contributed by atoms with E-state index in [1.54, 1.807) is 6.92 Å². The summed E-state index contributed by atoms with van der Waals surface area (Å²) < 4.78 is 6.02. The molecule has 120 valence electrons. The Balaban J connectivity index is 1.71. The number of aryl methyl sites for hydroxylation is 1. The molecule has 2 nitrogen and oxygen atoms in total. The Morgan fingerprint density at radius 2 is 2.13 bits per heavy atom. The number of hydrogen-bond donors (Lipinski definition) is 0. The smallest absolute Gasteiger partial charge is 0.133 e. The van der Waals surface area contributed by atoms with Crippen LogP contribution in [0.5, 0.6) is 5.75 Å². The van der Waals surface area contributed by atoms with Crippen molar-refractivity contribution in [3.05, 3.63) is 63.4 Å². The second-order valence-electron chi connectivity index (χ2n) is 6.40. The van der Waals surface area contributed by atoms with E-state index in [0.29, 0.717) is 6.42 Å². The lowest BCUT2D eigenvalue weighted by Gasteiger charge is -2.22. The molecule has 3 rings (SSSR count). The van der Waals surface area contributed by atoms with E-state index in [1.807, 2.05) is 12.1 Å². The molecule has 1 aromatic carbocycles. The number of rotatable bonds is 4. The number of ketones is 1. The summed E-state index contributed by atoms with van der Waals surface area (Å²) in [5.74, 6) is 2.11. The summed E-state index contributed by atoms with van der Waals surface area (Å²) in [7, 11) is 0. The van der Waals surface area contributed by atoms with E-state index in [-0.39, 0.29) is 5.78 Å². The molecule has 0 fully saturated rings. The standard InChI is InChI=1S/C20H21ClO2/c1-13-3-8-20-17(9-13)6-7-18(23-20)12-16-5-4-15(10-14(2)22)11-19(16)21/h3,7-9,11H,4-6,10,12H2,1-2H3. The van der Waals surface area contributed by atoms with Crippen molar-refractivity contribution in [2.75, 3.05) is 0 Å². The number of Topliss-reactive ketones (excluding diaryl/α,β-unsaturated/α-hetero) is 1. The van der Waals surface area contributed by atoms with Crippen molar-refractivity contribution in [3.8, 4) is 5.75 Å². The first-order valence-electron chi connectivity index (χ1n) is 8.04. The van der Waals surface area contributed by atoms with Gasteiger partial charge in [0.2, 0.25) is 0 Å². The van der Waals surface area contributed by atoms with Crippen molar-refractivity contribution in [2.45, 2.75) is 46.0 Å². The molecular formula is C20H21ClO2. The summed E-state index contributed by atoms with van der Waals surface area (Å²) in [5.41, 5.74) is 4.82. The van der Waals surface area contributed by atoms with E-state index in [2.05, 4.69) is 25.1 Å². The highest BCUT2D eigenvalue weighted by Gasteiger charge is 2.18. The van der Waals surface area contributed by atoms with E-state index in [0.717, 1.165) is 47.8 Å². The summed E-state index contributed by atoms with van der Waals surface area (Å²) in [6.45, 7) is 3.71. The molecule has 0 atom stereocenters. The number of benzene rings is 1. The second-order valence-corrected chi connectivity index (χ2v) is 6.80. The molecule has 0 N–H and O–H groups in total. The largest absolute Gasteiger partial charge is 0.461 e. The lowest BCUT2D eigenvalue weighted by Crippen LogP contribution is -2.08. The third kappa shape index (κ3) is 3.94. The molecule has 1 aromatic rings. The van der Waals surface area contributed by atoms with Crippen molar-refractivity contribution >= 4 is 17.4 Å². The lowest BCUT2D eigenvalue weighted by atomic mass is 9.92. The maximum absolute atomic E-state index is 11.2. The highest BCUT2D eigenvalue weighted by molar-refractivity contribution is 6.31. The molecule has 3 heteroatoms. The molecule has 0 saturated carbocycles. The predicted molar refractivity (Wildman–Crippen MR) is 93.7 cm³/mol. The monoisotopic (exact) mass is 328 g/mol. The van der Waals surface area contributed by atoms with Crippen LogP contribution in [-0.2, 0) is 11.2 Å². The summed E-state index contributed by atoms with van der Waals surface area (Å²) in [6, 6.07) is 6.29. The Bertz CT molecular complexity index is 738. The quantitative estimate of drug-likeness (QED) is 0.740. The molecule has 1 heterocycles. The molecule has 23 heavy (non-hydrogen) atoms. The Morgan fingerprint density at radius 3 is 2.87 bits per heavy atom. The summed E-state index contributed by atoms with van der Waals surface area (Å²) in [5, 5.41) is 0.770. The highest BCUT2D eigenvalue weighted by atomic mass is 35.5. The molecule has 0 bridgehead atoms. The van der Waals surface area contributed by atoms with Gasteiger partial charge in [-0.2, -0.15) is 0 Å². The van der Waals surface area contributed by atoms with Crippen LogP contribution in [0.4, 0.5) is 0 Å². The van der Waals surface area contributed by atoms with Crippen LogP contribution in [0.15, 0.2) is 52.3 Å². The predicted octanol–water partition coefficient (Wildman–Crippen LogP) is 5.40. The van der Waals surface area contributed by atoms with Gasteiger partial charge in [-0.25, -0.2) is 0 Å². The van der Waals surface area contributed by atoms with Gasteiger partial charge < -0.3 is 4.74 Å². The molecule has 0 radical (unpaired) electrons. The molecule has 0 unspecified atom stereocenters. The van der Waals surface area contributed by atoms with Crippen LogP contribution in [0.1, 0.15) is 43.7 Å². The Kier molecular flexibility index (Phi) is 4.72. The van der Waals surface area contributed by atoms with Crippen molar-refractivity contribution in [2.24, 2.45) is 0 Å². The van der Waals surface area contributed by atoms with Gasteiger partial charge in [0, 0.05) is 17.9 Å². The Morgan fingerprint density at radius 1 is 1.30 bits per heavy atom. The zero-order valence-corrected chi connectivity index (χ0v) is 14.4. The van der Waals surface area contributed by atoms with Gasteiger partial charge in [0.1, 0.15) is 17.3 Å². The van der Waals surface area contributed by atoms with Crippen molar-refractivity contribution in [1.82, 2.24) is 0 Å². The average molecular weight is 329 g/mol. The van der Waals surface area contributed by atoms with Gasteiger partial charge in [0.05, 0.1) is 0 Å². The molecule has 1 aliphatic carbocycles. The first-order chi connectivity index (χ1) is 11.0. The third-order valence-electron chi connectivity index (χ3n) is 4.29. The van der Waals surface area contributed by atoms with Crippen LogP contribution in [-0.4, -0.2) is 5.78 Å². The minimum atomic E-state index is 0.189. The van der Waals surface area contributed by atoms with Gasteiger partial charge in [0.15, 0.2) is 0 Å². The average Bonchev–Trinajstić information content (AvgIpc) is 2.49. The fourth-order valence-corrected chi connectivity index (χ4v) is 3.42. The number of halogens is 1. The van der Waals surface area contributed by atoms with Crippen LogP contribution >= 0.6 is 11.6 Å². The molecule has 0 aromatic heterocycles. The number of carbonyl (C=O) groups is 1. The van der Waals surface area contributed by atoms with Crippen LogP contribution in [0.25, 0.3) is 0 Å². The van der Waals surface area contributed by atoms with Gasteiger partial charge in [0.25, 0.3) is 0 Å². The first-order valence-corrected chi connectivity index (χ1v) is 8.42. The molecule has 0 amide bonds. The normalized spacial score (nSPS) is 17.2. The van der Waals surface area contributed by atoms with Crippen LogP contribution in [0.2, 0.25) is 0 Å². The number of allylic oxidation sites excluding steroid dienone is 5. The van der Waals surface area contributed by atoms with Gasteiger partial charge >= 0.3 is 0 Å². The maximum Gasteiger partial charge on any atom is 0.133 e. The highest BCUT2D eigenvalue weighted by Crippen LogP contribution is 2.35. The minimum Gasteiger partial charge on any atom is -0.461 e. The van der Waals surface area contributed by atoms with Gasteiger partial charge in [-0.3, -0.25) is 4.79 Å². The Hall–Kier alpha value is -1.80. The van der Waals surface area contributed by atoms with E-state index in [1.165, 1.54) is 16.7 Å². The second kappa shape index (κ2) is 6.76. The number of hydrogen-bond acceptors (Lipinski definition) is 2. The van der Waals surface area contributed by atoms with Crippen molar-refractivity contribution in [1.29, 1.82) is 0 Å². The molecular weight excluding hydrogens is 308 g/mol. The van der Waals surface area contributed by atoms with Gasteiger partial charge in [-0.15, -0.1) is 0 Å². The number of ether oxygens (including phenoxy) is 1. The maximum atomic E-state index is 11.2. The Labute approximate surface area is 142 Å². The third-order valence-corrected chi connectivity index (χ3v) is 4.66. The van der Waals surface area contributed by atoms with Crippen molar-refractivity contribution in [3.63, 3.8) is 0 Å². The van der Waals surface area contributed by atoms with Crippen molar-refractivity contribution < 1.29 is 9.53 Å². The van der Waals surface area contributed by atoms with E-state index >= 15 is 0 Å². The molecule has 0 spiro atoms. The van der Waals surface area contributed by atoms with Gasteiger partial charge in [-0.1, -0.05) is 34.9 Å². The summed E-state index contributed by atoms with van der Waals surface area (Å²) in [4.78, 5) is 11.2. The minimum absolute atomic E-state index is 0.189. The SMILES string of the molecule is CC(=O)CC1=CC(Cl)=C(CC2=CCc3cc(C)ccc3O2)CC1. The zero-order valence-electron chi connectivity index (χ0n) is 13.6. The van der Waals surface area contributed by atoms with Crippen LogP contribution in [0.3, 0.4) is 0 Å². The zero-order chi connectivity index (χ0) is 16.4. The molecule has 2 aliphatic rings.